The maximum absolute atomic E-state index is 14.0. The highest BCUT2D eigenvalue weighted by Crippen LogP contribution is 2.43. The number of carboxylic acid groups (broad SMARTS) is 1. The van der Waals surface area contributed by atoms with E-state index in [1.807, 2.05) is 0 Å². The molecular formula is C18H15F5O3. The normalized spacial score (nSPS) is 12.1. The Labute approximate surface area is 146 Å². The summed E-state index contributed by atoms with van der Waals surface area (Å²) in [5, 5.41) is 8.72. The van der Waals surface area contributed by atoms with Crippen molar-refractivity contribution >= 4 is 5.97 Å². The Kier molecular flexibility index (Phi) is 5.53. The fraction of sp³-hybridized carbons (Fsp3) is 0.278. The standard InChI is InChI=1S/C18H15F5O3/c1-2-17(19,20)11-7-8-15(26-10-16(24)25)13(9-11)12-5-3-4-6-14(12)18(21,22)23/h3-9H,2,10H2,1H3,(H,24,25). The summed E-state index contributed by atoms with van der Waals surface area (Å²) in [5.41, 5.74) is -2.12. The largest absolute Gasteiger partial charge is 0.481 e. The van der Waals surface area contributed by atoms with E-state index in [0.717, 1.165) is 30.3 Å². The van der Waals surface area contributed by atoms with Gasteiger partial charge in [-0.3, -0.25) is 0 Å². The van der Waals surface area contributed by atoms with Crippen LogP contribution < -0.4 is 4.74 Å². The Bertz CT molecular complexity index is 800. The van der Waals surface area contributed by atoms with Crippen molar-refractivity contribution in [2.75, 3.05) is 6.61 Å². The zero-order valence-electron chi connectivity index (χ0n) is 13.6. The summed E-state index contributed by atoms with van der Waals surface area (Å²) in [7, 11) is 0. The number of benzene rings is 2. The van der Waals surface area contributed by atoms with Crippen molar-refractivity contribution in [2.45, 2.75) is 25.4 Å². The van der Waals surface area contributed by atoms with Gasteiger partial charge < -0.3 is 9.84 Å². The Hall–Kier alpha value is -2.64. The van der Waals surface area contributed by atoms with Gasteiger partial charge in [-0.1, -0.05) is 25.1 Å². The summed E-state index contributed by atoms with van der Waals surface area (Å²) >= 11 is 0. The summed E-state index contributed by atoms with van der Waals surface area (Å²) in [5.74, 6) is -4.81. The molecular weight excluding hydrogens is 359 g/mol. The van der Waals surface area contributed by atoms with Gasteiger partial charge in [-0.2, -0.15) is 13.2 Å². The highest BCUT2D eigenvalue weighted by molar-refractivity contribution is 5.76. The van der Waals surface area contributed by atoms with E-state index in [0.29, 0.717) is 0 Å². The molecule has 0 aliphatic rings. The molecule has 0 aliphatic carbocycles. The van der Waals surface area contributed by atoms with Gasteiger partial charge in [0.1, 0.15) is 5.75 Å². The average Bonchev–Trinajstić information content (AvgIpc) is 2.59. The van der Waals surface area contributed by atoms with Crippen LogP contribution in [0.1, 0.15) is 24.5 Å². The minimum atomic E-state index is -4.72. The molecule has 0 saturated heterocycles. The first-order chi connectivity index (χ1) is 12.1. The lowest BCUT2D eigenvalue weighted by Gasteiger charge is -2.20. The third kappa shape index (κ3) is 4.30. The Morgan fingerprint density at radius 2 is 1.69 bits per heavy atom. The summed E-state index contributed by atoms with van der Waals surface area (Å²) in [6, 6.07) is 7.43. The van der Waals surface area contributed by atoms with E-state index in [-0.39, 0.29) is 16.9 Å². The number of halogens is 5. The predicted molar refractivity (Wildman–Crippen MR) is 84.2 cm³/mol. The number of hydrogen-bond acceptors (Lipinski definition) is 2. The van der Waals surface area contributed by atoms with Crippen molar-refractivity contribution in [1.82, 2.24) is 0 Å². The Morgan fingerprint density at radius 1 is 1.04 bits per heavy atom. The summed E-state index contributed by atoms with van der Waals surface area (Å²) < 4.78 is 72.9. The minimum absolute atomic E-state index is 0.222. The molecule has 26 heavy (non-hydrogen) atoms. The van der Waals surface area contributed by atoms with Crippen molar-refractivity contribution in [3.8, 4) is 16.9 Å². The maximum atomic E-state index is 14.0. The lowest BCUT2D eigenvalue weighted by atomic mass is 9.94. The van der Waals surface area contributed by atoms with Crippen molar-refractivity contribution in [2.24, 2.45) is 0 Å². The Balaban J connectivity index is 2.68. The minimum Gasteiger partial charge on any atom is -0.481 e. The van der Waals surface area contributed by atoms with Gasteiger partial charge in [0.2, 0.25) is 0 Å². The molecule has 0 aromatic heterocycles. The summed E-state index contributed by atoms with van der Waals surface area (Å²) in [4.78, 5) is 10.7. The quantitative estimate of drug-likeness (QED) is 0.695. The highest BCUT2D eigenvalue weighted by atomic mass is 19.4. The molecule has 0 saturated carbocycles. The molecule has 0 bridgehead atoms. The number of rotatable bonds is 6. The van der Waals surface area contributed by atoms with Crippen molar-refractivity contribution < 1.29 is 36.6 Å². The number of carboxylic acids is 1. The van der Waals surface area contributed by atoms with Gasteiger partial charge in [0.25, 0.3) is 5.92 Å². The van der Waals surface area contributed by atoms with Gasteiger partial charge in [0, 0.05) is 17.5 Å². The van der Waals surface area contributed by atoms with Crippen molar-refractivity contribution in [3.63, 3.8) is 0 Å². The van der Waals surface area contributed by atoms with Crippen LogP contribution in [0.3, 0.4) is 0 Å². The lowest BCUT2D eigenvalue weighted by molar-refractivity contribution is -0.139. The molecule has 0 radical (unpaired) electrons. The van der Waals surface area contributed by atoms with E-state index in [2.05, 4.69) is 0 Å². The Morgan fingerprint density at radius 3 is 2.27 bits per heavy atom. The topological polar surface area (TPSA) is 46.5 Å². The van der Waals surface area contributed by atoms with Crippen LogP contribution in [0.5, 0.6) is 5.75 Å². The lowest BCUT2D eigenvalue weighted by Crippen LogP contribution is -2.14. The molecule has 2 aromatic rings. The van der Waals surface area contributed by atoms with Gasteiger partial charge in [-0.25, -0.2) is 13.6 Å². The van der Waals surface area contributed by atoms with E-state index >= 15 is 0 Å². The van der Waals surface area contributed by atoms with Gasteiger partial charge in [-0.15, -0.1) is 0 Å². The summed E-state index contributed by atoms with van der Waals surface area (Å²) in [6.45, 7) is 0.433. The van der Waals surface area contributed by atoms with Gasteiger partial charge in [0.05, 0.1) is 5.56 Å². The second-order valence-electron chi connectivity index (χ2n) is 5.49. The molecule has 0 fully saturated rings. The third-order valence-electron chi connectivity index (χ3n) is 3.72. The number of alkyl halides is 5. The van der Waals surface area contributed by atoms with Crippen LogP contribution in [0.15, 0.2) is 42.5 Å². The highest BCUT2D eigenvalue weighted by Gasteiger charge is 2.35. The molecule has 0 aliphatic heterocycles. The van der Waals surface area contributed by atoms with Crippen LogP contribution in [0.25, 0.3) is 11.1 Å². The van der Waals surface area contributed by atoms with E-state index in [1.165, 1.54) is 19.1 Å². The molecule has 0 spiro atoms. The van der Waals surface area contributed by atoms with Crippen LogP contribution >= 0.6 is 0 Å². The van der Waals surface area contributed by atoms with E-state index in [1.54, 1.807) is 0 Å². The van der Waals surface area contributed by atoms with Crippen LogP contribution in [-0.4, -0.2) is 17.7 Å². The van der Waals surface area contributed by atoms with E-state index in [4.69, 9.17) is 9.84 Å². The second kappa shape index (κ2) is 7.31. The number of carbonyl (C=O) groups is 1. The molecule has 1 N–H and O–H groups in total. The number of aliphatic carboxylic acids is 1. The van der Waals surface area contributed by atoms with E-state index in [9.17, 15) is 26.7 Å². The molecule has 2 rings (SSSR count). The zero-order chi connectivity index (χ0) is 19.5. The molecule has 2 aromatic carbocycles. The van der Waals surface area contributed by atoms with Crippen LogP contribution in [-0.2, 0) is 16.9 Å². The van der Waals surface area contributed by atoms with Gasteiger partial charge in [0.15, 0.2) is 6.61 Å². The zero-order valence-corrected chi connectivity index (χ0v) is 13.6. The smallest absolute Gasteiger partial charge is 0.417 e. The molecule has 3 nitrogen and oxygen atoms in total. The molecule has 0 amide bonds. The van der Waals surface area contributed by atoms with Crippen molar-refractivity contribution in [3.05, 3.63) is 53.6 Å². The first kappa shape index (κ1) is 19.7. The van der Waals surface area contributed by atoms with Crippen LogP contribution in [0.4, 0.5) is 22.0 Å². The van der Waals surface area contributed by atoms with Crippen LogP contribution in [0.2, 0.25) is 0 Å². The second-order valence-corrected chi connectivity index (χ2v) is 5.49. The average molecular weight is 374 g/mol. The first-order valence-electron chi connectivity index (χ1n) is 7.60. The van der Waals surface area contributed by atoms with Gasteiger partial charge >= 0.3 is 12.1 Å². The fourth-order valence-electron chi connectivity index (χ4n) is 2.40. The number of ether oxygens (including phenoxy) is 1. The van der Waals surface area contributed by atoms with Crippen LogP contribution in [0, 0.1) is 0 Å². The predicted octanol–water partition coefficient (Wildman–Crippen LogP) is 5.34. The molecule has 0 heterocycles. The SMILES string of the molecule is CCC(F)(F)c1ccc(OCC(=O)O)c(-c2ccccc2C(F)(F)F)c1. The monoisotopic (exact) mass is 374 g/mol. The van der Waals surface area contributed by atoms with E-state index < -0.39 is 42.2 Å². The summed E-state index contributed by atoms with van der Waals surface area (Å²) in [6.07, 6.45) is -5.26. The molecule has 0 unspecified atom stereocenters. The fourth-order valence-corrected chi connectivity index (χ4v) is 2.40. The first-order valence-corrected chi connectivity index (χ1v) is 7.60. The van der Waals surface area contributed by atoms with Gasteiger partial charge in [-0.05, 0) is 29.8 Å². The maximum Gasteiger partial charge on any atom is 0.417 e. The third-order valence-corrected chi connectivity index (χ3v) is 3.72. The molecule has 0 atom stereocenters. The molecule has 140 valence electrons. The molecule has 8 heteroatoms. The number of hydrogen-bond donors (Lipinski definition) is 1. The van der Waals surface area contributed by atoms with Crippen molar-refractivity contribution in [1.29, 1.82) is 0 Å².